The van der Waals surface area contributed by atoms with Crippen LogP contribution in [0.4, 0.5) is 5.69 Å². The Morgan fingerprint density at radius 2 is 1.90 bits per heavy atom. The largest absolute Gasteiger partial charge is 0.497 e. The Morgan fingerprint density at radius 1 is 1.13 bits per heavy atom. The van der Waals surface area contributed by atoms with E-state index in [1.54, 1.807) is 24.1 Å². The van der Waals surface area contributed by atoms with Gasteiger partial charge in [-0.1, -0.05) is 12.1 Å². The van der Waals surface area contributed by atoms with Gasteiger partial charge in [0.1, 0.15) is 16.2 Å². The van der Waals surface area contributed by atoms with Crippen LogP contribution in [-0.2, 0) is 14.8 Å². The zero-order valence-corrected chi connectivity index (χ0v) is 17.8. The molecule has 0 saturated carbocycles. The molecule has 0 atom stereocenters. The van der Waals surface area contributed by atoms with Gasteiger partial charge in [0.05, 0.1) is 7.11 Å². The minimum Gasteiger partial charge on any atom is -0.497 e. The third kappa shape index (κ3) is 4.62. The number of methoxy groups -OCH3 is 1. The van der Waals surface area contributed by atoms with E-state index in [1.165, 1.54) is 6.07 Å². The number of aromatic nitrogens is 2. The second kappa shape index (κ2) is 8.90. The summed E-state index contributed by atoms with van der Waals surface area (Å²) in [6, 6.07) is 12.4. The molecule has 0 aliphatic carbocycles. The number of nitrogens with one attached hydrogen (secondary N) is 1. The molecule has 10 nitrogen and oxygen atoms in total. The van der Waals surface area contributed by atoms with Crippen molar-refractivity contribution in [1.29, 1.82) is 0 Å². The lowest BCUT2D eigenvalue weighted by Crippen LogP contribution is -2.49. The van der Waals surface area contributed by atoms with Gasteiger partial charge in [-0.25, -0.2) is 17.8 Å². The van der Waals surface area contributed by atoms with Gasteiger partial charge in [0, 0.05) is 50.9 Å². The van der Waals surface area contributed by atoms with E-state index in [-0.39, 0.29) is 29.3 Å². The van der Waals surface area contributed by atoms with E-state index in [1.807, 2.05) is 24.3 Å². The third-order valence-electron chi connectivity index (χ3n) is 5.22. The zero-order valence-electron chi connectivity index (χ0n) is 17.0. The molecule has 31 heavy (non-hydrogen) atoms. The lowest BCUT2D eigenvalue weighted by Gasteiger charge is -2.36. The molecule has 2 aromatic carbocycles. The van der Waals surface area contributed by atoms with Gasteiger partial charge in [0.2, 0.25) is 15.9 Å². The maximum absolute atomic E-state index is 12.6. The Bertz CT molecular complexity index is 1170. The molecule has 1 amide bonds. The summed E-state index contributed by atoms with van der Waals surface area (Å²) < 4.78 is 37.5. The molecule has 0 spiro atoms. The minimum atomic E-state index is -3.84. The number of fused-ring (bicyclic) bond motifs is 1. The fraction of sp³-hybridized carbons (Fsp3) is 0.350. The molecule has 3 aromatic rings. The maximum atomic E-state index is 12.6. The monoisotopic (exact) mass is 445 g/mol. The highest BCUT2D eigenvalue weighted by Gasteiger charge is 2.23. The molecule has 1 aliphatic rings. The summed E-state index contributed by atoms with van der Waals surface area (Å²) >= 11 is 0. The van der Waals surface area contributed by atoms with Crippen LogP contribution < -0.4 is 14.4 Å². The molecule has 0 radical (unpaired) electrons. The molecule has 2 heterocycles. The van der Waals surface area contributed by atoms with Crippen LogP contribution in [-0.4, -0.2) is 69.4 Å². The molecule has 0 unspecified atom stereocenters. The van der Waals surface area contributed by atoms with Gasteiger partial charge in [-0.05, 0) is 34.6 Å². The van der Waals surface area contributed by atoms with Gasteiger partial charge in [0.25, 0.3) is 0 Å². The summed E-state index contributed by atoms with van der Waals surface area (Å²) in [6.45, 7) is 2.55. The van der Waals surface area contributed by atoms with Crippen LogP contribution in [0.25, 0.3) is 11.0 Å². The number of anilines is 1. The van der Waals surface area contributed by atoms with Crippen LogP contribution >= 0.6 is 0 Å². The van der Waals surface area contributed by atoms with Crippen molar-refractivity contribution in [3.63, 3.8) is 0 Å². The lowest BCUT2D eigenvalue weighted by molar-refractivity contribution is -0.131. The fourth-order valence-electron chi connectivity index (χ4n) is 3.55. The molecule has 4 rings (SSSR count). The first-order chi connectivity index (χ1) is 15.0. The summed E-state index contributed by atoms with van der Waals surface area (Å²) in [5.74, 6) is 0.703. The van der Waals surface area contributed by atoms with Crippen molar-refractivity contribution in [2.75, 3.05) is 44.7 Å². The van der Waals surface area contributed by atoms with E-state index in [9.17, 15) is 13.2 Å². The number of hydrogen-bond acceptors (Lipinski definition) is 8. The molecule has 0 bridgehead atoms. The number of piperazine rings is 1. The number of carbonyl (C=O) groups is 1. The number of ether oxygens (including phenoxy) is 1. The Hall–Kier alpha value is -3.18. The number of benzene rings is 2. The van der Waals surface area contributed by atoms with E-state index < -0.39 is 10.0 Å². The van der Waals surface area contributed by atoms with Gasteiger partial charge in [-0.2, -0.15) is 0 Å². The van der Waals surface area contributed by atoms with Crippen LogP contribution in [0.5, 0.6) is 5.75 Å². The van der Waals surface area contributed by atoms with E-state index in [0.29, 0.717) is 31.7 Å². The molecule has 1 aromatic heterocycles. The lowest BCUT2D eigenvalue weighted by atomic mass is 10.2. The standard InChI is InChI=1S/C20H23N5O5S/c1-29-16-5-2-4-15(14-16)24-10-12-25(13-11-24)19(26)8-9-21-31(27,28)18-7-3-6-17-20(18)23-30-22-17/h2-7,14,21H,8-13H2,1H3. The van der Waals surface area contributed by atoms with Gasteiger partial charge < -0.3 is 14.5 Å². The van der Waals surface area contributed by atoms with Crippen LogP contribution in [0.1, 0.15) is 6.42 Å². The predicted molar refractivity (Wildman–Crippen MR) is 113 cm³/mol. The summed E-state index contributed by atoms with van der Waals surface area (Å²) in [5, 5.41) is 7.30. The highest BCUT2D eigenvalue weighted by molar-refractivity contribution is 7.89. The quantitative estimate of drug-likeness (QED) is 0.577. The fourth-order valence-corrected chi connectivity index (χ4v) is 4.73. The first-order valence-corrected chi connectivity index (χ1v) is 11.3. The van der Waals surface area contributed by atoms with Crippen molar-refractivity contribution in [3.05, 3.63) is 42.5 Å². The van der Waals surface area contributed by atoms with Crippen LogP contribution in [0.2, 0.25) is 0 Å². The molecule has 164 valence electrons. The second-order valence-electron chi connectivity index (χ2n) is 7.11. The predicted octanol–water partition coefficient (Wildman–Crippen LogP) is 1.25. The maximum Gasteiger partial charge on any atom is 0.242 e. The van der Waals surface area contributed by atoms with Crippen molar-refractivity contribution in [1.82, 2.24) is 19.9 Å². The molecule has 1 N–H and O–H groups in total. The van der Waals surface area contributed by atoms with Crippen molar-refractivity contribution in [2.45, 2.75) is 11.3 Å². The Labute approximate surface area is 179 Å². The van der Waals surface area contributed by atoms with Gasteiger partial charge >= 0.3 is 0 Å². The highest BCUT2D eigenvalue weighted by atomic mass is 32.2. The molecule has 1 fully saturated rings. The van der Waals surface area contributed by atoms with Crippen LogP contribution in [0.15, 0.2) is 52.0 Å². The summed E-state index contributed by atoms with van der Waals surface area (Å²) in [6.07, 6.45) is 0.0748. The molecular weight excluding hydrogens is 422 g/mol. The van der Waals surface area contributed by atoms with Crippen molar-refractivity contribution in [3.8, 4) is 5.75 Å². The minimum absolute atomic E-state index is 0.00106. The summed E-state index contributed by atoms with van der Waals surface area (Å²) in [5.41, 5.74) is 1.57. The Morgan fingerprint density at radius 3 is 2.68 bits per heavy atom. The van der Waals surface area contributed by atoms with Gasteiger partial charge in [-0.3, -0.25) is 4.79 Å². The van der Waals surface area contributed by atoms with Crippen LogP contribution in [0.3, 0.4) is 0 Å². The van der Waals surface area contributed by atoms with E-state index in [0.717, 1.165) is 11.4 Å². The Balaban J connectivity index is 1.29. The average molecular weight is 446 g/mol. The normalized spacial score (nSPS) is 14.7. The number of hydrogen-bond donors (Lipinski definition) is 1. The Kier molecular flexibility index (Phi) is 6.05. The molecule has 1 aliphatic heterocycles. The highest BCUT2D eigenvalue weighted by Crippen LogP contribution is 2.22. The van der Waals surface area contributed by atoms with E-state index >= 15 is 0 Å². The average Bonchev–Trinajstić information content (AvgIpc) is 3.28. The summed E-state index contributed by atoms with van der Waals surface area (Å²) in [7, 11) is -2.21. The van der Waals surface area contributed by atoms with E-state index in [4.69, 9.17) is 4.74 Å². The summed E-state index contributed by atoms with van der Waals surface area (Å²) in [4.78, 5) is 16.5. The number of amides is 1. The van der Waals surface area contributed by atoms with Crippen LogP contribution in [0, 0.1) is 0 Å². The van der Waals surface area contributed by atoms with Gasteiger partial charge in [0.15, 0.2) is 5.52 Å². The molecule has 1 saturated heterocycles. The second-order valence-corrected chi connectivity index (χ2v) is 8.84. The first-order valence-electron chi connectivity index (χ1n) is 9.86. The number of sulfonamides is 1. The van der Waals surface area contributed by atoms with E-state index in [2.05, 4.69) is 24.6 Å². The first kappa shape index (κ1) is 21.1. The number of nitrogens with zero attached hydrogens (tertiary/aromatic N) is 4. The topological polar surface area (TPSA) is 118 Å². The van der Waals surface area contributed by atoms with Crippen molar-refractivity contribution < 1.29 is 22.6 Å². The SMILES string of the molecule is COc1cccc(N2CCN(C(=O)CCNS(=O)(=O)c3cccc4nonc34)CC2)c1. The smallest absolute Gasteiger partial charge is 0.242 e. The number of rotatable bonds is 7. The molecule has 11 heteroatoms. The third-order valence-corrected chi connectivity index (χ3v) is 6.71. The number of carbonyl (C=O) groups excluding carboxylic acids is 1. The zero-order chi connectivity index (χ0) is 21.8. The van der Waals surface area contributed by atoms with Crippen molar-refractivity contribution in [2.24, 2.45) is 0 Å². The van der Waals surface area contributed by atoms with Gasteiger partial charge in [-0.15, -0.1) is 0 Å². The molecular formula is C20H23N5O5S. The van der Waals surface area contributed by atoms with Crippen molar-refractivity contribution >= 4 is 32.7 Å².